The van der Waals surface area contributed by atoms with E-state index in [-0.39, 0.29) is 5.91 Å². The highest BCUT2D eigenvalue weighted by Gasteiger charge is 2.17. The van der Waals surface area contributed by atoms with E-state index >= 15 is 0 Å². The predicted molar refractivity (Wildman–Crippen MR) is 76.6 cm³/mol. The number of hydrogen-bond donors (Lipinski definition) is 1. The minimum atomic E-state index is -0.0810. The van der Waals surface area contributed by atoms with Crippen molar-refractivity contribution in [1.82, 2.24) is 15.2 Å². The number of carbonyl (C=O) groups excluding carboxylic acids is 1. The van der Waals surface area contributed by atoms with Gasteiger partial charge >= 0.3 is 0 Å². The van der Waals surface area contributed by atoms with Crippen molar-refractivity contribution in [2.75, 3.05) is 20.6 Å². The SMILES string of the molecule is CC(C)C(CNC(=O)c1ccc(Br)nc1)N(C)C. The lowest BCUT2D eigenvalue weighted by atomic mass is 10.0. The summed E-state index contributed by atoms with van der Waals surface area (Å²) in [5, 5.41) is 2.95. The zero-order chi connectivity index (χ0) is 13.7. The van der Waals surface area contributed by atoms with E-state index in [2.05, 4.69) is 45.0 Å². The van der Waals surface area contributed by atoms with E-state index in [1.165, 1.54) is 0 Å². The Bertz CT molecular complexity index is 382. The number of amides is 1. The average Bonchev–Trinajstić information content (AvgIpc) is 2.28. The molecule has 1 aromatic rings. The molecule has 0 aliphatic carbocycles. The van der Waals surface area contributed by atoms with Gasteiger partial charge in [0.05, 0.1) is 5.56 Å². The fourth-order valence-electron chi connectivity index (χ4n) is 1.82. The third-order valence-corrected chi connectivity index (χ3v) is 3.36. The Labute approximate surface area is 117 Å². The van der Waals surface area contributed by atoms with Crippen molar-refractivity contribution < 1.29 is 4.79 Å². The quantitative estimate of drug-likeness (QED) is 0.847. The molecule has 0 fully saturated rings. The maximum Gasteiger partial charge on any atom is 0.252 e. The predicted octanol–water partition coefficient (Wildman–Crippen LogP) is 2.16. The lowest BCUT2D eigenvalue weighted by Crippen LogP contribution is -2.43. The minimum Gasteiger partial charge on any atom is -0.350 e. The van der Waals surface area contributed by atoms with Crippen LogP contribution in [0.5, 0.6) is 0 Å². The Balaban J connectivity index is 2.57. The van der Waals surface area contributed by atoms with E-state index in [9.17, 15) is 4.79 Å². The van der Waals surface area contributed by atoms with Gasteiger partial charge in [-0.3, -0.25) is 4.79 Å². The first-order chi connectivity index (χ1) is 8.41. The maximum absolute atomic E-state index is 11.9. The number of hydrogen-bond acceptors (Lipinski definition) is 3. The number of carbonyl (C=O) groups is 1. The molecular formula is C13H20BrN3O. The van der Waals surface area contributed by atoms with Crippen LogP contribution >= 0.6 is 15.9 Å². The molecule has 1 amide bonds. The van der Waals surface area contributed by atoms with Crippen LogP contribution in [0.2, 0.25) is 0 Å². The van der Waals surface area contributed by atoms with Gasteiger partial charge in [-0.1, -0.05) is 13.8 Å². The van der Waals surface area contributed by atoms with Gasteiger partial charge in [-0.2, -0.15) is 0 Å². The molecule has 0 aliphatic rings. The second-order valence-corrected chi connectivity index (χ2v) is 5.67. The first-order valence-corrected chi connectivity index (χ1v) is 6.77. The highest BCUT2D eigenvalue weighted by molar-refractivity contribution is 9.10. The largest absolute Gasteiger partial charge is 0.350 e. The fourth-order valence-corrected chi connectivity index (χ4v) is 2.06. The van der Waals surface area contributed by atoms with E-state index in [0.717, 1.165) is 4.60 Å². The van der Waals surface area contributed by atoms with Gasteiger partial charge in [0.1, 0.15) is 4.60 Å². The van der Waals surface area contributed by atoms with Crippen LogP contribution in [-0.4, -0.2) is 42.5 Å². The normalized spacial score (nSPS) is 12.8. The van der Waals surface area contributed by atoms with Crippen LogP contribution in [0.3, 0.4) is 0 Å². The van der Waals surface area contributed by atoms with Crippen LogP contribution in [0.4, 0.5) is 0 Å². The molecule has 1 heterocycles. The molecule has 0 saturated heterocycles. The number of nitrogens with one attached hydrogen (secondary N) is 1. The average molecular weight is 314 g/mol. The number of nitrogens with zero attached hydrogens (tertiary/aromatic N) is 2. The second kappa shape index (κ2) is 6.85. The van der Waals surface area contributed by atoms with Crippen molar-refractivity contribution in [3.63, 3.8) is 0 Å². The van der Waals surface area contributed by atoms with Crippen LogP contribution in [0.15, 0.2) is 22.9 Å². The number of aromatic nitrogens is 1. The molecular weight excluding hydrogens is 294 g/mol. The summed E-state index contributed by atoms with van der Waals surface area (Å²) in [6, 6.07) is 3.85. The third kappa shape index (κ3) is 4.38. The van der Waals surface area contributed by atoms with Crippen molar-refractivity contribution >= 4 is 21.8 Å². The molecule has 1 N–H and O–H groups in total. The van der Waals surface area contributed by atoms with Crippen LogP contribution < -0.4 is 5.32 Å². The second-order valence-electron chi connectivity index (χ2n) is 4.85. The Morgan fingerprint density at radius 2 is 2.11 bits per heavy atom. The summed E-state index contributed by atoms with van der Waals surface area (Å²) in [7, 11) is 4.05. The summed E-state index contributed by atoms with van der Waals surface area (Å²) in [5.41, 5.74) is 0.583. The highest BCUT2D eigenvalue weighted by Crippen LogP contribution is 2.08. The Morgan fingerprint density at radius 3 is 2.56 bits per heavy atom. The van der Waals surface area contributed by atoms with E-state index in [1.807, 2.05) is 14.1 Å². The molecule has 0 aromatic carbocycles. The van der Waals surface area contributed by atoms with Crippen LogP contribution in [-0.2, 0) is 0 Å². The smallest absolute Gasteiger partial charge is 0.252 e. The molecule has 1 rings (SSSR count). The molecule has 1 aromatic heterocycles. The van der Waals surface area contributed by atoms with Crippen molar-refractivity contribution in [1.29, 1.82) is 0 Å². The zero-order valence-electron chi connectivity index (χ0n) is 11.3. The topological polar surface area (TPSA) is 45.2 Å². The van der Waals surface area contributed by atoms with Gasteiger partial charge in [-0.25, -0.2) is 4.98 Å². The van der Waals surface area contributed by atoms with Crippen LogP contribution in [0, 0.1) is 5.92 Å². The summed E-state index contributed by atoms with van der Waals surface area (Å²) in [6.45, 7) is 4.94. The van der Waals surface area contributed by atoms with Crippen molar-refractivity contribution in [3.8, 4) is 0 Å². The zero-order valence-corrected chi connectivity index (χ0v) is 12.9. The Hall–Kier alpha value is -0.940. The summed E-state index contributed by atoms with van der Waals surface area (Å²) < 4.78 is 0.729. The number of halogens is 1. The highest BCUT2D eigenvalue weighted by atomic mass is 79.9. The lowest BCUT2D eigenvalue weighted by molar-refractivity contribution is 0.0934. The summed E-state index contributed by atoms with van der Waals surface area (Å²) in [5.74, 6) is 0.408. The molecule has 0 bridgehead atoms. The van der Waals surface area contributed by atoms with Crippen molar-refractivity contribution in [3.05, 3.63) is 28.5 Å². The Morgan fingerprint density at radius 1 is 1.44 bits per heavy atom. The molecule has 5 heteroatoms. The molecule has 18 heavy (non-hydrogen) atoms. The molecule has 1 atom stereocenters. The minimum absolute atomic E-state index is 0.0810. The van der Waals surface area contributed by atoms with Crippen LogP contribution in [0.25, 0.3) is 0 Å². The first-order valence-electron chi connectivity index (χ1n) is 5.98. The standard InChI is InChI=1S/C13H20BrN3O/c1-9(2)11(17(3)4)8-16-13(18)10-5-6-12(14)15-7-10/h5-7,9,11H,8H2,1-4H3,(H,16,18). The molecule has 0 saturated carbocycles. The molecule has 4 nitrogen and oxygen atoms in total. The Kier molecular flexibility index (Phi) is 5.75. The number of likely N-dealkylation sites (N-methyl/N-ethyl adjacent to an activating group) is 1. The van der Waals surface area contributed by atoms with E-state index < -0.39 is 0 Å². The van der Waals surface area contributed by atoms with Gasteiger partial charge in [0.15, 0.2) is 0 Å². The number of rotatable bonds is 5. The third-order valence-electron chi connectivity index (χ3n) is 2.89. The van der Waals surface area contributed by atoms with Gasteiger partial charge in [-0.05, 0) is 48.1 Å². The van der Waals surface area contributed by atoms with Gasteiger partial charge < -0.3 is 10.2 Å². The van der Waals surface area contributed by atoms with Gasteiger partial charge in [0.2, 0.25) is 0 Å². The van der Waals surface area contributed by atoms with Crippen molar-refractivity contribution in [2.24, 2.45) is 5.92 Å². The van der Waals surface area contributed by atoms with Gasteiger partial charge in [-0.15, -0.1) is 0 Å². The first kappa shape index (κ1) is 15.1. The number of pyridine rings is 1. The van der Waals surface area contributed by atoms with Crippen molar-refractivity contribution in [2.45, 2.75) is 19.9 Å². The summed E-state index contributed by atoms with van der Waals surface area (Å²) in [6.07, 6.45) is 1.57. The fraction of sp³-hybridized carbons (Fsp3) is 0.538. The van der Waals surface area contributed by atoms with Gasteiger partial charge in [0.25, 0.3) is 5.91 Å². The monoisotopic (exact) mass is 313 g/mol. The van der Waals surface area contributed by atoms with E-state index in [0.29, 0.717) is 24.1 Å². The molecule has 0 aliphatic heterocycles. The lowest BCUT2D eigenvalue weighted by Gasteiger charge is -2.28. The van der Waals surface area contributed by atoms with E-state index in [4.69, 9.17) is 0 Å². The molecule has 1 unspecified atom stereocenters. The van der Waals surface area contributed by atoms with E-state index in [1.54, 1.807) is 18.3 Å². The molecule has 0 radical (unpaired) electrons. The maximum atomic E-state index is 11.9. The van der Waals surface area contributed by atoms with Crippen LogP contribution in [0.1, 0.15) is 24.2 Å². The molecule has 100 valence electrons. The molecule has 0 spiro atoms. The summed E-state index contributed by atoms with van der Waals surface area (Å²) >= 11 is 3.25. The van der Waals surface area contributed by atoms with Gasteiger partial charge in [0, 0.05) is 18.8 Å². The summed E-state index contributed by atoms with van der Waals surface area (Å²) in [4.78, 5) is 18.1.